The van der Waals surface area contributed by atoms with Crippen LogP contribution in [0, 0.1) is 0 Å². The third-order valence-corrected chi connectivity index (χ3v) is 3.59. The Morgan fingerprint density at radius 2 is 1.67 bits per heavy atom. The van der Waals surface area contributed by atoms with Gasteiger partial charge in [-0.1, -0.05) is 0 Å². The zero-order chi connectivity index (χ0) is 7.07. The fourth-order valence-electron chi connectivity index (χ4n) is 0.380. The molecule has 0 aliphatic carbocycles. The molecule has 1 saturated heterocycles. The van der Waals surface area contributed by atoms with Crippen LogP contribution in [-0.4, -0.2) is 28.3 Å². The van der Waals surface area contributed by atoms with E-state index in [1.165, 1.54) is 0 Å². The average Bonchev–Trinajstić information content (AvgIpc) is 2.40. The summed E-state index contributed by atoms with van der Waals surface area (Å²) in [5.74, 6) is 0. The molecule has 5 nitrogen and oxygen atoms in total. The van der Waals surface area contributed by atoms with Crippen LogP contribution in [0.15, 0.2) is 0 Å². The first-order chi connectivity index (χ1) is 4.09. The SMILES string of the molecule is O=S(O)C1(S(=O)O)CN1. The smallest absolute Gasteiger partial charge is 0.234 e. The highest BCUT2D eigenvalue weighted by atomic mass is 32.3. The van der Waals surface area contributed by atoms with Crippen molar-refractivity contribution in [3.05, 3.63) is 0 Å². The number of rotatable bonds is 2. The fraction of sp³-hybridized carbons (Fsp3) is 1.00. The molecule has 1 heterocycles. The van der Waals surface area contributed by atoms with E-state index in [0.29, 0.717) is 0 Å². The summed E-state index contributed by atoms with van der Waals surface area (Å²) < 4.78 is 35.7. The quantitative estimate of drug-likeness (QED) is 0.354. The first-order valence-corrected chi connectivity index (χ1v) is 4.28. The number of hydrogen-bond donors (Lipinski definition) is 3. The fourth-order valence-corrected chi connectivity index (χ4v) is 1.51. The van der Waals surface area contributed by atoms with Gasteiger partial charge in [0.05, 0.1) is 0 Å². The highest BCUT2D eigenvalue weighted by Crippen LogP contribution is 2.23. The Labute approximate surface area is 56.4 Å². The highest BCUT2D eigenvalue weighted by molar-refractivity contribution is 7.99. The van der Waals surface area contributed by atoms with Crippen molar-refractivity contribution in [2.24, 2.45) is 0 Å². The molecule has 0 radical (unpaired) electrons. The first-order valence-electron chi connectivity index (χ1n) is 2.06. The number of hydrogen-bond acceptors (Lipinski definition) is 3. The van der Waals surface area contributed by atoms with E-state index in [0.717, 1.165) is 0 Å². The Morgan fingerprint density at radius 1 is 1.33 bits per heavy atom. The summed E-state index contributed by atoms with van der Waals surface area (Å²) in [6.45, 7) is 0.124. The Morgan fingerprint density at radius 3 is 1.67 bits per heavy atom. The van der Waals surface area contributed by atoms with E-state index in [4.69, 9.17) is 9.11 Å². The second-order valence-electron chi connectivity index (χ2n) is 1.60. The van der Waals surface area contributed by atoms with Crippen molar-refractivity contribution in [2.45, 2.75) is 4.20 Å². The molecular formula is C2H5NO4S2. The van der Waals surface area contributed by atoms with Gasteiger partial charge >= 0.3 is 0 Å². The van der Waals surface area contributed by atoms with Gasteiger partial charge in [-0.15, -0.1) is 0 Å². The molecule has 9 heavy (non-hydrogen) atoms. The molecule has 1 rings (SSSR count). The van der Waals surface area contributed by atoms with Crippen LogP contribution in [0.25, 0.3) is 0 Å². The van der Waals surface area contributed by atoms with Crippen LogP contribution in [0.2, 0.25) is 0 Å². The lowest BCUT2D eigenvalue weighted by Gasteiger charge is -1.99. The predicted molar refractivity (Wildman–Crippen MR) is 32.3 cm³/mol. The molecular weight excluding hydrogens is 166 g/mol. The molecule has 0 aromatic carbocycles. The lowest BCUT2D eigenvalue weighted by molar-refractivity contribution is 0.536. The van der Waals surface area contributed by atoms with Gasteiger partial charge in [-0.25, -0.2) is 8.42 Å². The van der Waals surface area contributed by atoms with Gasteiger partial charge in [0.2, 0.25) is 4.20 Å². The van der Waals surface area contributed by atoms with Gasteiger partial charge < -0.3 is 9.11 Å². The van der Waals surface area contributed by atoms with E-state index in [9.17, 15) is 8.42 Å². The van der Waals surface area contributed by atoms with Crippen LogP contribution in [0.3, 0.4) is 0 Å². The van der Waals surface area contributed by atoms with Gasteiger partial charge in [-0.05, 0) is 0 Å². The standard InChI is InChI=1S/C2H5NO4S2/c4-8(5)2(1-3-2)9(6)7/h3H,1H2,(H,4,5)(H,6,7). The summed E-state index contributed by atoms with van der Waals surface area (Å²) >= 11 is -4.51. The maximum atomic E-state index is 10.2. The Kier molecular flexibility index (Phi) is 1.70. The molecule has 7 heteroatoms. The zero-order valence-corrected chi connectivity index (χ0v) is 5.87. The third kappa shape index (κ3) is 1.06. The minimum atomic E-state index is -2.26. The van der Waals surface area contributed by atoms with Crippen molar-refractivity contribution >= 4 is 22.2 Å². The molecule has 1 fully saturated rings. The molecule has 0 aromatic heterocycles. The molecule has 0 amide bonds. The summed E-state index contributed by atoms with van der Waals surface area (Å²) in [7, 11) is 0. The summed E-state index contributed by atoms with van der Waals surface area (Å²) in [5.41, 5.74) is 0. The van der Waals surface area contributed by atoms with Crippen LogP contribution in [0.1, 0.15) is 0 Å². The molecule has 2 unspecified atom stereocenters. The minimum absolute atomic E-state index is 0.124. The van der Waals surface area contributed by atoms with E-state index >= 15 is 0 Å². The molecule has 1 aliphatic heterocycles. The predicted octanol–water partition coefficient (Wildman–Crippen LogP) is -1.31. The van der Waals surface area contributed by atoms with Crippen LogP contribution >= 0.6 is 0 Å². The van der Waals surface area contributed by atoms with Gasteiger partial charge in [0.15, 0.2) is 22.2 Å². The Balaban J connectivity index is 2.75. The van der Waals surface area contributed by atoms with Crippen molar-refractivity contribution in [3.8, 4) is 0 Å². The molecule has 0 aromatic rings. The Hall–Kier alpha value is 0.180. The van der Waals surface area contributed by atoms with Gasteiger partial charge in [0, 0.05) is 6.54 Å². The topological polar surface area (TPSA) is 96.5 Å². The van der Waals surface area contributed by atoms with Crippen molar-refractivity contribution < 1.29 is 17.5 Å². The van der Waals surface area contributed by atoms with E-state index in [1.54, 1.807) is 0 Å². The summed E-state index contributed by atoms with van der Waals surface area (Å²) in [6.07, 6.45) is 0. The highest BCUT2D eigenvalue weighted by Gasteiger charge is 2.55. The molecule has 1 aliphatic rings. The van der Waals surface area contributed by atoms with Gasteiger partial charge in [0.1, 0.15) is 0 Å². The van der Waals surface area contributed by atoms with Gasteiger partial charge in [-0.2, -0.15) is 0 Å². The van der Waals surface area contributed by atoms with E-state index in [2.05, 4.69) is 5.32 Å². The van der Waals surface area contributed by atoms with E-state index in [1.807, 2.05) is 0 Å². The average molecular weight is 171 g/mol. The van der Waals surface area contributed by atoms with Crippen LogP contribution in [-0.2, 0) is 22.2 Å². The van der Waals surface area contributed by atoms with Crippen molar-refractivity contribution in [1.82, 2.24) is 5.32 Å². The lowest BCUT2D eigenvalue weighted by atomic mass is 11.0. The van der Waals surface area contributed by atoms with Crippen LogP contribution < -0.4 is 5.32 Å². The largest absolute Gasteiger partial charge is 0.304 e. The molecule has 0 bridgehead atoms. The second-order valence-corrected chi connectivity index (χ2v) is 4.25. The monoisotopic (exact) mass is 171 g/mol. The van der Waals surface area contributed by atoms with Gasteiger partial charge in [0.25, 0.3) is 0 Å². The molecule has 54 valence electrons. The maximum absolute atomic E-state index is 10.2. The van der Waals surface area contributed by atoms with Gasteiger partial charge in [-0.3, -0.25) is 5.32 Å². The van der Waals surface area contributed by atoms with Crippen molar-refractivity contribution in [2.75, 3.05) is 6.54 Å². The Bertz CT molecular complexity index is 159. The van der Waals surface area contributed by atoms with E-state index in [-0.39, 0.29) is 6.54 Å². The third-order valence-electron chi connectivity index (χ3n) is 1.03. The normalized spacial score (nSPS) is 39.8. The molecule has 0 saturated carbocycles. The lowest BCUT2D eigenvalue weighted by Crippen LogP contribution is -2.27. The summed E-state index contributed by atoms with van der Waals surface area (Å²) in [4.78, 5) is 0. The number of nitrogens with one attached hydrogen (secondary N) is 1. The van der Waals surface area contributed by atoms with Crippen LogP contribution in [0.5, 0.6) is 0 Å². The molecule has 0 spiro atoms. The summed E-state index contributed by atoms with van der Waals surface area (Å²) in [5, 5.41) is 2.35. The second kappa shape index (κ2) is 2.10. The van der Waals surface area contributed by atoms with E-state index < -0.39 is 26.4 Å². The van der Waals surface area contributed by atoms with Crippen molar-refractivity contribution in [3.63, 3.8) is 0 Å². The zero-order valence-electron chi connectivity index (χ0n) is 4.23. The maximum Gasteiger partial charge on any atom is 0.234 e. The van der Waals surface area contributed by atoms with Crippen molar-refractivity contribution in [1.29, 1.82) is 0 Å². The molecule has 2 atom stereocenters. The molecule has 3 N–H and O–H groups in total. The first kappa shape index (κ1) is 7.29. The van der Waals surface area contributed by atoms with Crippen LogP contribution in [0.4, 0.5) is 0 Å². The summed E-state index contributed by atoms with van der Waals surface area (Å²) in [6, 6.07) is 0. The minimum Gasteiger partial charge on any atom is -0.304 e.